The fraction of sp³-hybridized carbons (Fsp3) is 0.292. The Labute approximate surface area is 197 Å². The van der Waals surface area contributed by atoms with Gasteiger partial charge in [0, 0.05) is 11.4 Å². The molecule has 2 heterocycles. The van der Waals surface area contributed by atoms with Crippen LogP contribution in [0.15, 0.2) is 65.0 Å². The highest BCUT2D eigenvalue weighted by Gasteiger charge is 2.34. The molecule has 0 saturated heterocycles. The number of ether oxygens (including phenoxy) is 1. The van der Waals surface area contributed by atoms with Crippen LogP contribution in [0.1, 0.15) is 38.8 Å². The van der Waals surface area contributed by atoms with E-state index in [0.717, 1.165) is 17.7 Å². The van der Waals surface area contributed by atoms with Crippen molar-refractivity contribution in [2.45, 2.75) is 38.4 Å². The maximum absolute atomic E-state index is 13.6. The quantitative estimate of drug-likeness (QED) is 0.410. The maximum atomic E-state index is 13.6. The molecule has 1 aliphatic heterocycles. The van der Waals surface area contributed by atoms with Gasteiger partial charge in [-0.05, 0) is 50.1 Å². The number of carbonyl (C=O) groups is 1. The zero-order valence-corrected chi connectivity index (χ0v) is 19.6. The zero-order chi connectivity index (χ0) is 23.4. The van der Waals surface area contributed by atoms with Crippen LogP contribution in [0.25, 0.3) is 0 Å². The number of aromatic hydroxyl groups is 1. The normalized spacial score (nSPS) is 15.1. The van der Waals surface area contributed by atoms with Gasteiger partial charge in [0.25, 0.3) is 5.91 Å². The van der Waals surface area contributed by atoms with E-state index in [0.29, 0.717) is 40.4 Å². The number of anilines is 2. The second-order valence-electron chi connectivity index (χ2n) is 7.56. The van der Waals surface area contributed by atoms with Crippen molar-refractivity contribution in [2.75, 3.05) is 23.0 Å². The summed E-state index contributed by atoms with van der Waals surface area (Å²) in [4.78, 5) is 18.2. The highest BCUT2D eigenvalue weighted by Crippen LogP contribution is 2.38. The minimum atomic E-state index is -0.559. The highest BCUT2D eigenvalue weighted by atomic mass is 32.2. The predicted molar refractivity (Wildman–Crippen MR) is 130 cm³/mol. The van der Waals surface area contributed by atoms with Gasteiger partial charge >= 0.3 is 0 Å². The van der Waals surface area contributed by atoms with Crippen molar-refractivity contribution in [3.63, 3.8) is 0 Å². The van der Waals surface area contributed by atoms with Crippen molar-refractivity contribution in [3.05, 3.63) is 65.4 Å². The third kappa shape index (κ3) is 4.83. The van der Waals surface area contributed by atoms with E-state index in [9.17, 15) is 9.90 Å². The fourth-order valence-electron chi connectivity index (χ4n) is 3.72. The van der Waals surface area contributed by atoms with Crippen LogP contribution in [0.4, 0.5) is 11.6 Å². The molecule has 2 aromatic carbocycles. The number of para-hydroxylation sites is 2. The number of thioether (sulfide) groups is 1. The Morgan fingerprint density at radius 1 is 1.24 bits per heavy atom. The van der Waals surface area contributed by atoms with Crippen molar-refractivity contribution < 1.29 is 14.6 Å². The molecule has 172 valence electrons. The molecule has 9 heteroatoms. The number of fused-ring (bicyclic) bond motifs is 1. The van der Waals surface area contributed by atoms with Gasteiger partial charge in [0.05, 0.1) is 17.9 Å². The topological polar surface area (TPSA) is 101 Å². The number of phenolic OH excluding ortho intramolecular Hbond substituents is 1. The second-order valence-corrected chi connectivity index (χ2v) is 8.62. The lowest BCUT2D eigenvalue weighted by atomic mass is 9.95. The van der Waals surface area contributed by atoms with Crippen LogP contribution in [0, 0.1) is 0 Å². The van der Waals surface area contributed by atoms with Crippen LogP contribution in [0.2, 0.25) is 0 Å². The molecule has 8 nitrogen and oxygen atoms in total. The molecule has 4 rings (SSSR count). The second kappa shape index (κ2) is 9.99. The van der Waals surface area contributed by atoms with Crippen molar-refractivity contribution in [3.8, 4) is 11.5 Å². The molecule has 3 aromatic rings. The minimum Gasteiger partial charge on any atom is -0.508 e. The molecule has 0 radical (unpaired) electrons. The summed E-state index contributed by atoms with van der Waals surface area (Å²) >= 11 is 1.57. The van der Waals surface area contributed by atoms with Gasteiger partial charge in [-0.25, -0.2) is 4.68 Å². The lowest BCUT2D eigenvalue weighted by molar-refractivity contribution is -0.113. The largest absolute Gasteiger partial charge is 0.508 e. The molecule has 3 N–H and O–H groups in total. The highest BCUT2D eigenvalue weighted by molar-refractivity contribution is 7.99. The average molecular weight is 466 g/mol. The third-order valence-electron chi connectivity index (χ3n) is 5.13. The summed E-state index contributed by atoms with van der Waals surface area (Å²) in [6, 6.07) is 13.6. The smallest absolute Gasteiger partial charge is 0.255 e. The van der Waals surface area contributed by atoms with Gasteiger partial charge in [-0.15, -0.1) is 5.10 Å². The van der Waals surface area contributed by atoms with Crippen molar-refractivity contribution >= 4 is 29.3 Å². The summed E-state index contributed by atoms with van der Waals surface area (Å²) in [7, 11) is 0. The number of hydrogen-bond donors (Lipinski definition) is 3. The number of hydrogen-bond acceptors (Lipinski definition) is 7. The number of allylic oxidation sites excluding steroid dienone is 1. The Morgan fingerprint density at radius 3 is 2.82 bits per heavy atom. The standard InChI is InChI=1S/C24H27N5O3S/c1-4-13-33-24-27-23-25-15(3)20(21(29(23)28-24)16-9-8-10-17(30)14-16)22(31)26-18-11-6-7-12-19(18)32-5-2/h6-12,14,21,30H,4-5,13H2,1-3H3,(H,26,31)(H,25,27,28). The fourth-order valence-corrected chi connectivity index (χ4v) is 4.41. The molecular formula is C24H27N5O3S. The Hall–Kier alpha value is -3.46. The predicted octanol–water partition coefficient (Wildman–Crippen LogP) is 4.81. The van der Waals surface area contributed by atoms with Crippen LogP contribution in [0.3, 0.4) is 0 Å². The number of nitrogens with one attached hydrogen (secondary N) is 2. The summed E-state index contributed by atoms with van der Waals surface area (Å²) in [5.41, 5.74) is 2.47. The summed E-state index contributed by atoms with van der Waals surface area (Å²) < 4.78 is 7.38. The number of amides is 1. The van der Waals surface area contributed by atoms with E-state index in [4.69, 9.17) is 4.74 Å². The molecule has 0 aliphatic carbocycles. The van der Waals surface area contributed by atoms with Gasteiger partial charge in [0.15, 0.2) is 0 Å². The Morgan fingerprint density at radius 2 is 2.06 bits per heavy atom. The molecule has 1 unspecified atom stereocenters. The summed E-state index contributed by atoms with van der Waals surface area (Å²) in [6.07, 6.45) is 1.00. The first-order valence-corrected chi connectivity index (χ1v) is 11.9. The summed E-state index contributed by atoms with van der Waals surface area (Å²) in [5.74, 6) is 1.89. The van der Waals surface area contributed by atoms with E-state index in [1.54, 1.807) is 40.7 Å². The Kier molecular flexibility index (Phi) is 6.88. The monoisotopic (exact) mass is 465 g/mol. The minimum absolute atomic E-state index is 0.118. The molecule has 1 aliphatic rings. The van der Waals surface area contributed by atoms with E-state index in [1.807, 2.05) is 38.1 Å². The molecule has 1 atom stereocenters. The number of phenols is 1. The molecule has 1 aromatic heterocycles. The molecule has 0 fully saturated rings. The van der Waals surface area contributed by atoms with Crippen LogP contribution in [0.5, 0.6) is 11.5 Å². The summed E-state index contributed by atoms with van der Waals surface area (Å²) in [6.45, 7) is 6.33. The number of benzene rings is 2. The molecule has 33 heavy (non-hydrogen) atoms. The molecule has 0 spiro atoms. The first-order valence-electron chi connectivity index (χ1n) is 10.9. The Bertz CT molecular complexity index is 1190. The first-order chi connectivity index (χ1) is 16.0. The van der Waals surface area contributed by atoms with Gasteiger partial charge in [0.2, 0.25) is 11.1 Å². The van der Waals surface area contributed by atoms with Crippen molar-refractivity contribution in [1.29, 1.82) is 0 Å². The van der Waals surface area contributed by atoms with Crippen molar-refractivity contribution in [1.82, 2.24) is 14.8 Å². The third-order valence-corrected chi connectivity index (χ3v) is 6.18. The number of carbonyl (C=O) groups excluding carboxylic acids is 1. The molecular weight excluding hydrogens is 438 g/mol. The Balaban J connectivity index is 1.75. The molecule has 1 amide bonds. The van der Waals surface area contributed by atoms with Gasteiger partial charge in [-0.3, -0.25) is 4.79 Å². The summed E-state index contributed by atoms with van der Waals surface area (Å²) in [5, 5.41) is 21.7. The van der Waals surface area contributed by atoms with E-state index in [2.05, 4.69) is 27.6 Å². The molecule has 0 saturated carbocycles. The van der Waals surface area contributed by atoms with Gasteiger partial charge in [0.1, 0.15) is 17.5 Å². The van der Waals surface area contributed by atoms with Gasteiger partial charge in [-0.2, -0.15) is 4.98 Å². The zero-order valence-electron chi connectivity index (χ0n) is 18.8. The van der Waals surface area contributed by atoms with E-state index in [1.165, 1.54) is 0 Å². The van der Waals surface area contributed by atoms with Crippen LogP contribution in [-0.4, -0.2) is 38.1 Å². The van der Waals surface area contributed by atoms with Crippen molar-refractivity contribution in [2.24, 2.45) is 0 Å². The van der Waals surface area contributed by atoms with E-state index >= 15 is 0 Å². The van der Waals surface area contributed by atoms with Crippen LogP contribution < -0.4 is 15.4 Å². The van der Waals surface area contributed by atoms with E-state index in [-0.39, 0.29) is 11.7 Å². The lowest BCUT2D eigenvalue weighted by Gasteiger charge is -2.29. The van der Waals surface area contributed by atoms with Crippen LogP contribution >= 0.6 is 11.8 Å². The van der Waals surface area contributed by atoms with Gasteiger partial charge < -0.3 is 20.5 Å². The lowest BCUT2D eigenvalue weighted by Crippen LogP contribution is -2.31. The average Bonchev–Trinajstić information content (AvgIpc) is 3.20. The SMILES string of the molecule is CCCSc1nc2n(n1)C(c1cccc(O)c1)C(C(=O)Nc1ccccc1OCC)=C(C)N2. The number of rotatable bonds is 8. The molecule has 0 bridgehead atoms. The van der Waals surface area contributed by atoms with E-state index < -0.39 is 6.04 Å². The first kappa shape index (κ1) is 22.7. The van der Waals surface area contributed by atoms with Crippen LogP contribution in [-0.2, 0) is 4.79 Å². The van der Waals surface area contributed by atoms with Gasteiger partial charge in [-0.1, -0.05) is 43.0 Å². The number of aromatic nitrogens is 3. The number of nitrogens with zero attached hydrogens (tertiary/aromatic N) is 3. The maximum Gasteiger partial charge on any atom is 0.255 e.